The summed E-state index contributed by atoms with van der Waals surface area (Å²) >= 11 is 1.96. The maximum absolute atomic E-state index is 5.39. The Morgan fingerprint density at radius 1 is 0.687 bits per heavy atom. The van der Waals surface area contributed by atoms with Crippen molar-refractivity contribution in [3.8, 4) is 39.5 Å². The molecule has 2 aliphatic heterocycles. The molecule has 0 amide bonds. The lowest BCUT2D eigenvalue weighted by Gasteiger charge is -2.32. The first kappa shape index (κ1) is 42.0. The molecule has 2 aliphatic rings. The number of rotatable bonds is 5. The van der Waals surface area contributed by atoms with E-state index in [-0.39, 0.29) is 23.8 Å². The van der Waals surface area contributed by atoms with Crippen molar-refractivity contribution in [1.82, 2.24) is 4.57 Å². The molecule has 0 spiro atoms. The molecule has 0 radical (unpaired) electrons. The summed E-state index contributed by atoms with van der Waals surface area (Å²) in [6.45, 7) is 24.6. The molecule has 5 heterocycles. The van der Waals surface area contributed by atoms with Crippen molar-refractivity contribution in [2.24, 2.45) is 0 Å². The Labute approximate surface area is 400 Å². The van der Waals surface area contributed by atoms with Crippen LogP contribution in [0.4, 0.5) is 0 Å². The number of allylic oxidation sites excluding steroid dienone is 1. The van der Waals surface area contributed by atoms with Gasteiger partial charge in [-0.05, 0) is 107 Å². The molecule has 2 atom stereocenters. The van der Waals surface area contributed by atoms with Crippen molar-refractivity contribution in [3.63, 3.8) is 0 Å². The number of nitrogens with zero attached hydrogens (tertiary/aromatic N) is 3. The minimum atomic E-state index is -1.73. The zero-order chi connectivity index (χ0) is 46.0. The minimum absolute atomic E-state index is 0.0348. The fourth-order valence-electron chi connectivity index (χ4n) is 11.8. The fraction of sp³-hybridized carbons (Fsp3) is 0.226. The van der Waals surface area contributed by atoms with E-state index in [4.69, 9.17) is 6.58 Å². The molecule has 67 heavy (non-hydrogen) atoms. The van der Waals surface area contributed by atoms with Crippen LogP contribution in [0.3, 0.4) is 0 Å². The van der Waals surface area contributed by atoms with Crippen LogP contribution >= 0.6 is 11.3 Å². The van der Waals surface area contributed by atoms with E-state index in [1.165, 1.54) is 114 Å². The second-order valence-corrected chi connectivity index (χ2v) is 27.2. The number of fused-ring (bicyclic) bond motifs is 17. The van der Waals surface area contributed by atoms with Gasteiger partial charge in [0.2, 0.25) is 11.7 Å². The van der Waals surface area contributed by atoms with Crippen LogP contribution in [0.5, 0.6) is 0 Å². The van der Waals surface area contributed by atoms with Gasteiger partial charge in [0.1, 0.15) is 5.69 Å². The number of hydrogen-bond acceptors (Lipinski definition) is 1. The highest BCUT2D eigenvalue weighted by Crippen LogP contribution is 2.51. The molecule has 0 saturated carbocycles. The molecule has 3 nitrogen and oxygen atoms in total. The van der Waals surface area contributed by atoms with Gasteiger partial charge in [-0.2, -0.15) is 13.7 Å². The smallest absolute Gasteiger partial charge is 0.187 e. The van der Waals surface area contributed by atoms with E-state index in [1.807, 2.05) is 11.3 Å². The highest BCUT2D eigenvalue weighted by molar-refractivity contribution is 7.26. The van der Waals surface area contributed by atoms with Gasteiger partial charge in [0.15, 0.2) is 22.9 Å². The van der Waals surface area contributed by atoms with Crippen molar-refractivity contribution in [2.45, 2.75) is 90.9 Å². The summed E-state index contributed by atoms with van der Waals surface area (Å²) in [5.41, 5.74) is 18.2. The molecule has 0 saturated heterocycles. The third-order valence-electron chi connectivity index (χ3n) is 15.1. The summed E-state index contributed by atoms with van der Waals surface area (Å²) in [6.07, 6.45) is 4.47. The highest BCUT2D eigenvalue weighted by atomic mass is 32.1. The van der Waals surface area contributed by atoms with E-state index in [1.54, 1.807) is 0 Å². The highest BCUT2D eigenvalue weighted by Gasteiger charge is 2.49. The van der Waals surface area contributed by atoms with Gasteiger partial charge in [-0.3, -0.25) is 0 Å². The summed E-state index contributed by atoms with van der Waals surface area (Å²) in [5, 5.41) is 6.74. The first-order valence-corrected chi connectivity index (χ1v) is 28.7. The van der Waals surface area contributed by atoms with Gasteiger partial charge in [-0.25, -0.2) is 0 Å². The molecule has 5 heteroatoms. The molecule has 10 aromatic rings. The molecule has 12 rings (SSSR count). The summed E-state index contributed by atoms with van der Waals surface area (Å²) in [4.78, 5) is 0. The number of para-hydroxylation sites is 2. The lowest BCUT2D eigenvalue weighted by molar-refractivity contribution is -0.704. The van der Waals surface area contributed by atoms with Crippen LogP contribution in [0.15, 0.2) is 158 Å². The normalized spacial score (nSPS) is 15.9. The number of imidazole rings is 1. The van der Waals surface area contributed by atoms with Crippen LogP contribution < -0.4 is 14.3 Å². The lowest BCUT2D eigenvalue weighted by atomic mass is 9.77. The number of benzene rings is 7. The zero-order valence-electron chi connectivity index (χ0n) is 40.1. The molecule has 0 aliphatic carbocycles. The zero-order valence-corrected chi connectivity index (χ0v) is 41.9. The number of aromatic nitrogens is 3. The first-order valence-electron chi connectivity index (χ1n) is 24.4. The van der Waals surface area contributed by atoms with E-state index < -0.39 is 8.07 Å². The average molecular weight is 906 g/mol. The molecule has 0 bridgehead atoms. The predicted octanol–water partition coefficient (Wildman–Crippen LogP) is 15.6. The maximum Gasteiger partial charge on any atom is 0.302 e. The van der Waals surface area contributed by atoms with Crippen LogP contribution in [-0.4, -0.2) is 12.6 Å². The Hall–Kier alpha value is -6.40. The van der Waals surface area contributed by atoms with E-state index in [0.29, 0.717) is 0 Å². The first-order chi connectivity index (χ1) is 32.4. The van der Waals surface area contributed by atoms with E-state index in [2.05, 4.69) is 220 Å². The lowest BCUT2D eigenvalue weighted by Crippen LogP contribution is -2.53. The van der Waals surface area contributed by atoms with Gasteiger partial charge < -0.3 is 0 Å². The predicted molar refractivity (Wildman–Crippen MR) is 288 cm³/mol. The second-order valence-electron chi connectivity index (χ2n) is 21.0. The van der Waals surface area contributed by atoms with Gasteiger partial charge >= 0.3 is 5.82 Å². The Kier molecular flexibility index (Phi) is 9.76. The molecular formula is C62H59N3SSi+2. The molecule has 0 N–H and O–H groups in total. The summed E-state index contributed by atoms with van der Waals surface area (Å²) in [6, 6.07) is 55.8. The minimum Gasteiger partial charge on any atom is -0.187 e. The SMILES string of the molecule is C=C1C2C(CCc3ccc4c(sc5cc(C)ccc54)c3-c3n1c1ccccc1[n+]3-c1c(C(C)C)cc(-c3ccccc3)cc1C(C)C)c1ccc3ccccc3c1-c1ccc([Si](C)(C)C)c[n+]12. The van der Waals surface area contributed by atoms with E-state index in [9.17, 15) is 0 Å². The number of pyridine rings is 1. The summed E-state index contributed by atoms with van der Waals surface area (Å²) in [5.74, 6) is 1.91. The van der Waals surface area contributed by atoms with Gasteiger partial charge in [0.25, 0.3) is 0 Å². The topological polar surface area (TPSA) is 12.7 Å². The van der Waals surface area contributed by atoms with Crippen LogP contribution in [0.25, 0.3) is 87.1 Å². The van der Waals surface area contributed by atoms with Gasteiger partial charge in [0.05, 0.1) is 29.8 Å². The summed E-state index contributed by atoms with van der Waals surface area (Å²) < 4.78 is 10.7. The van der Waals surface area contributed by atoms with E-state index in [0.717, 1.165) is 18.5 Å². The van der Waals surface area contributed by atoms with Crippen LogP contribution in [0, 0.1) is 6.92 Å². The van der Waals surface area contributed by atoms with Gasteiger partial charge in [0, 0.05) is 37.9 Å². The molecule has 0 fully saturated rings. The molecule has 330 valence electrons. The van der Waals surface area contributed by atoms with Gasteiger partial charge in [-0.1, -0.05) is 157 Å². The largest absolute Gasteiger partial charge is 0.302 e. The molecular weight excluding hydrogens is 847 g/mol. The second kappa shape index (κ2) is 15.6. The fourth-order valence-corrected chi connectivity index (χ4v) is 14.2. The Bertz CT molecular complexity index is 3650. The standard InChI is InChI=1S/C62H59N3SSi/c1-37(2)51-34-44(41-17-11-10-12-18-41)35-52(38(3)4)60(51)65-54-22-16-15-21-53(54)64-40(6)59-49(30-25-43-26-31-50-47-28-23-39(5)33-56(47)66-61(50)57(43)62(64)65)48-29-24-42-19-13-14-20-46(42)58(48)55-32-27-45(36-63(55)59)67(7,8)9/h10-24,26-29,31-38,49,59H,6,25,30H2,1-5,7-9H3/q+2. The third kappa shape index (κ3) is 6.49. The van der Waals surface area contributed by atoms with Gasteiger partial charge in [-0.15, -0.1) is 11.3 Å². The van der Waals surface area contributed by atoms with E-state index >= 15 is 0 Å². The van der Waals surface area contributed by atoms with Crippen molar-refractivity contribution >= 4 is 72.3 Å². The summed E-state index contributed by atoms with van der Waals surface area (Å²) in [7, 11) is -1.73. The van der Waals surface area contributed by atoms with Crippen molar-refractivity contribution in [3.05, 3.63) is 186 Å². The number of thiophene rings is 1. The van der Waals surface area contributed by atoms with Crippen LogP contribution in [-0.2, 0) is 6.42 Å². The van der Waals surface area contributed by atoms with Crippen molar-refractivity contribution in [2.75, 3.05) is 0 Å². The Balaban J connectivity index is 1.25. The third-order valence-corrected chi connectivity index (χ3v) is 18.3. The van der Waals surface area contributed by atoms with Crippen LogP contribution in [0.1, 0.15) is 85.7 Å². The monoisotopic (exact) mass is 905 g/mol. The average Bonchev–Trinajstić information content (AvgIpc) is 3.87. The number of hydrogen-bond donors (Lipinski definition) is 0. The number of aryl methyl sites for hydroxylation is 2. The van der Waals surface area contributed by atoms with Crippen molar-refractivity contribution in [1.29, 1.82) is 0 Å². The molecule has 3 aromatic heterocycles. The molecule has 7 aromatic carbocycles. The molecule has 2 unspecified atom stereocenters. The Morgan fingerprint density at radius 2 is 1.40 bits per heavy atom. The van der Waals surface area contributed by atoms with Crippen molar-refractivity contribution < 1.29 is 9.13 Å². The maximum atomic E-state index is 5.39. The quantitative estimate of drug-likeness (QED) is 0.121. The Morgan fingerprint density at radius 3 is 2.16 bits per heavy atom. The van der Waals surface area contributed by atoms with Crippen LogP contribution in [0.2, 0.25) is 19.6 Å².